The Morgan fingerprint density at radius 1 is 1.29 bits per heavy atom. The zero-order valence-electron chi connectivity index (χ0n) is 10.3. The van der Waals surface area contributed by atoms with Crippen LogP contribution in [0.1, 0.15) is 31.1 Å². The molecule has 0 aliphatic carbocycles. The van der Waals surface area contributed by atoms with Crippen LogP contribution in [0.3, 0.4) is 0 Å². The van der Waals surface area contributed by atoms with Crippen molar-refractivity contribution >= 4 is 23.2 Å². The Bertz CT molecular complexity index is 464. The van der Waals surface area contributed by atoms with Crippen molar-refractivity contribution in [2.45, 2.75) is 20.8 Å². The summed E-state index contributed by atoms with van der Waals surface area (Å²) in [6.07, 6.45) is 0. The Balaban J connectivity index is 3.14. The molecule has 0 N–H and O–H groups in total. The SMILES string of the molecule is COc1ccc(C(=O)C(C)(C)C(C)=O)cc1Cl. The molecular weight excluding hydrogens is 240 g/mol. The van der Waals surface area contributed by atoms with Crippen molar-refractivity contribution in [1.82, 2.24) is 0 Å². The van der Waals surface area contributed by atoms with Crippen molar-refractivity contribution < 1.29 is 14.3 Å². The molecule has 0 heterocycles. The van der Waals surface area contributed by atoms with Gasteiger partial charge in [-0.3, -0.25) is 9.59 Å². The first kappa shape index (κ1) is 13.7. The van der Waals surface area contributed by atoms with E-state index in [9.17, 15) is 9.59 Å². The first-order valence-corrected chi connectivity index (χ1v) is 5.58. The van der Waals surface area contributed by atoms with Crippen LogP contribution in [0.4, 0.5) is 0 Å². The van der Waals surface area contributed by atoms with Gasteiger partial charge < -0.3 is 4.74 Å². The summed E-state index contributed by atoms with van der Waals surface area (Å²) in [4.78, 5) is 23.5. The lowest BCUT2D eigenvalue weighted by molar-refractivity contribution is -0.122. The molecule has 0 saturated heterocycles. The highest BCUT2D eigenvalue weighted by Gasteiger charge is 2.33. The minimum atomic E-state index is -1.03. The van der Waals surface area contributed by atoms with E-state index in [0.717, 1.165) is 0 Å². The van der Waals surface area contributed by atoms with E-state index in [1.807, 2.05) is 0 Å². The number of ketones is 2. The molecular formula is C13H15ClO3. The van der Waals surface area contributed by atoms with E-state index in [-0.39, 0.29) is 11.6 Å². The predicted molar refractivity (Wildman–Crippen MR) is 66.8 cm³/mol. The molecule has 0 spiro atoms. The van der Waals surface area contributed by atoms with Crippen molar-refractivity contribution in [3.8, 4) is 5.75 Å². The number of carbonyl (C=O) groups is 2. The lowest BCUT2D eigenvalue weighted by Gasteiger charge is -2.19. The second-order valence-electron chi connectivity index (χ2n) is 4.36. The highest BCUT2D eigenvalue weighted by Crippen LogP contribution is 2.29. The van der Waals surface area contributed by atoms with Crippen LogP contribution in [0.25, 0.3) is 0 Å². The fourth-order valence-electron chi connectivity index (χ4n) is 1.33. The molecule has 0 atom stereocenters. The Kier molecular flexibility index (Phi) is 3.94. The molecule has 0 bridgehead atoms. The van der Waals surface area contributed by atoms with E-state index in [0.29, 0.717) is 16.3 Å². The monoisotopic (exact) mass is 254 g/mol. The minimum Gasteiger partial charge on any atom is -0.495 e. The number of methoxy groups -OCH3 is 1. The highest BCUT2D eigenvalue weighted by atomic mass is 35.5. The minimum absolute atomic E-state index is 0.172. The summed E-state index contributed by atoms with van der Waals surface area (Å²) in [5.41, 5.74) is -0.617. The molecule has 92 valence electrons. The summed E-state index contributed by atoms with van der Waals surface area (Å²) < 4.78 is 5.00. The van der Waals surface area contributed by atoms with E-state index in [2.05, 4.69) is 0 Å². The number of rotatable bonds is 4. The van der Waals surface area contributed by atoms with Gasteiger partial charge in [-0.1, -0.05) is 11.6 Å². The van der Waals surface area contributed by atoms with E-state index in [4.69, 9.17) is 16.3 Å². The van der Waals surface area contributed by atoms with Gasteiger partial charge in [0, 0.05) is 5.56 Å². The van der Waals surface area contributed by atoms with Gasteiger partial charge in [0.25, 0.3) is 0 Å². The lowest BCUT2D eigenvalue weighted by Crippen LogP contribution is -2.31. The molecule has 0 radical (unpaired) electrons. The molecule has 0 fully saturated rings. The average Bonchev–Trinajstić information content (AvgIpc) is 2.27. The molecule has 0 aromatic heterocycles. The van der Waals surface area contributed by atoms with Crippen molar-refractivity contribution in [3.05, 3.63) is 28.8 Å². The average molecular weight is 255 g/mol. The first-order chi connectivity index (χ1) is 7.80. The molecule has 1 aromatic carbocycles. The molecule has 4 heteroatoms. The molecule has 1 rings (SSSR count). The van der Waals surface area contributed by atoms with Crippen LogP contribution in [-0.2, 0) is 4.79 Å². The van der Waals surface area contributed by atoms with Gasteiger partial charge in [0.05, 0.1) is 17.5 Å². The van der Waals surface area contributed by atoms with E-state index in [1.54, 1.807) is 26.0 Å². The summed E-state index contributed by atoms with van der Waals surface area (Å²) in [5, 5.41) is 0.359. The number of benzene rings is 1. The van der Waals surface area contributed by atoms with Crippen LogP contribution < -0.4 is 4.74 Å². The molecule has 0 aliphatic heterocycles. The third kappa shape index (κ3) is 2.67. The molecule has 0 amide bonds. The standard InChI is InChI=1S/C13H15ClO3/c1-8(15)13(2,3)12(16)9-5-6-11(17-4)10(14)7-9/h5-7H,1-4H3. The van der Waals surface area contributed by atoms with Crippen molar-refractivity contribution in [2.24, 2.45) is 5.41 Å². The van der Waals surface area contributed by atoms with Gasteiger partial charge in [-0.15, -0.1) is 0 Å². The summed E-state index contributed by atoms with van der Waals surface area (Å²) in [5.74, 6) is 0.0906. The van der Waals surface area contributed by atoms with E-state index >= 15 is 0 Å². The van der Waals surface area contributed by atoms with E-state index in [1.165, 1.54) is 20.1 Å². The number of carbonyl (C=O) groups excluding carboxylic acids is 2. The fraction of sp³-hybridized carbons (Fsp3) is 0.385. The largest absolute Gasteiger partial charge is 0.495 e. The molecule has 0 unspecified atom stereocenters. The Labute approximate surface area is 106 Å². The van der Waals surface area contributed by atoms with Crippen LogP contribution in [0, 0.1) is 5.41 Å². The smallest absolute Gasteiger partial charge is 0.175 e. The van der Waals surface area contributed by atoms with Crippen molar-refractivity contribution in [1.29, 1.82) is 0 Å². The maximum atomic E-state index is 12.1. The van der Waals surface area contributed by atoms with Crippen molar-refractivity contribution in [2.75, 3.05) is 7.11 Å². The molecule has 1 aromatic rings. The maximum absolute atomic E-state index is 12.1. The number of ether oxygens (including phenoxy) is 1. The van der Waals surface area contributed by atoms with Crippen LogP contribution >= 0.6 is 11.6 Å². The summed E-state index contributed by atoms with van der Waals surface area (Å²) >= 11 is 5.94. The van der Waals surface area contributed by atoms with Crippen LogP contribution in [0.5, 0.6) is 5.75 Å². The van der Waals surface area contributed by atoms with Crippen LogP contribution in [-0.4, -0.2) is 18.7 Å². The summed E-state index contributed by atoms with van der Waals surface area (Å²) in [6, 6.07) is 4.75. The number of Topliss-reactive ketones (excluding diaryl/α,β-unsaturated/α-hetero) is 2. The van der Waals surface area contributed by atoms with Gasteiger partial charge in [-0.05, 0) is 39.0 Å². The lowest BCUT2D eigenvalue weighted by atomic mass is 9.81. The third-order valence-corrected chi connectivity index (χ3v) is 3.16. The third-order valence-electron chi connectivity index (χ3n) is 2.86. The predicted octanol–water partition coefficient (Wildman–Crippen LogP) is 3.15. The Morgan fingerprint density at radius 3 is 2.29 bits per heavy atom. The highest BCUT2D eigenvalue weighted by molar-refractivity contribution is 6.32. The topological polar surface area (TPSA) is 43.4 Å². The van der Waals surface area contributed by atoms with Crippen LogP contribution in [0.2, 0.25) is 5.02 Å². The zero-order valence-corrected chi connectivity index (χ0v) is 11.1. The Hall–Kier alpha value is -1.35. The number of halogens is 1. The van der Waals surface area contributed by atoms with Gasteiger partial charge in [0.15, 0.2) is 5.78 Å². The van der Waals surface area contributed by atoms with E-state index < -0.39 is 5.41 Å². The zero-order chi connectivity index (χ0) is 13.2. The second kappa shape index (κ2) is 4.88. The second-order valence-corrected chi connectivity index (χ2v) is 4.77. The van der Waals surface area contributed by atoms with Gasteiger partial charge in [-0.25, -0.2) is 0 Å². The first-order valence-electron chi connectivity index (χ1n) is 5.20. The fourth-order valence-corrected chi connectivity index (χ4v) is 1.59. The molecule has 0 aliphatic rings. The summed E-state index contributed by atoms with van der Waals surface area (Å²) in [7, 11) is 1.50. The number of hydrogen-bond acceptors (Lipinski definition) is 3. The van der Waals surface area contributed by atoms with Gasteiger partial charge >= 0.3 is 0 Å². The Morgan fingerprint density at radius 2 is 1.88 bits per heavy atom. The molecule has 17 heavy (non-hydrogen) atoms. The van der Waals surface area contributed by atoms with Gasteiger partial charge in [0.1, 0.15) is 11.5 Å². The normalized spacial score (nSPS) is 11.1. The molecule has 0 saturated carbocycles. The quantitative estimate of drug-likeness (QED) is 0.612. The van der Waals surface area contributed by atoms with Gasteiger partial charge in [0.2, 0.25) is 0 Å². The molecule has 3 nitrogen and oxygen atoms in total. The number of hydrogen-bond donors (Lipinski definition) is 0. The van der Waals surface area contributed by atoms with Crippen molar-refractivity contribution in [3.63, 3.8) is 0 Å². The van der Waals surface area contributed by atoms with Gasteiger partial charge in [-0.2, -0.15) is 0 Å². The maximum Gasteiger partial charge on any atom is 0.175 e. The summed E-state index contributed by atoms with van der Waals surface area (Å²) in [6.45, 7) is 4.62. The van der Waals surface area contributed by atoms with Crippen LogP contribution in [0.15, 0.2) is 18.2 Å².